The summed E-state index contributed by atoms with van der Waals surface area (Å²) in [6.45, 7) is 9.34. The highest BCUT2D eigenvalue weighted by molar-refractivity contribution is 5.17. The van der Waals surface area contributed by atoms with Gasteiger partial charge in [0.1, 0.15) is 0 Å². The van der Waals surface area contributed by atoms with Crippen LogP contribution in [0.2, 0.25) is 0 Å². The summed E-state index contributed by atoms with van der Waals surface area (Å²) < 4.78 is 0. The molecule has 3 rings (SSSR count). The summed E-state index contributed by atoms with van der Waals surface area (Å²) in [7, 11) is 0. The van der Waals surface area contributed by atoms with Gasteiger partial charge in [-0.3, -0.25) is 14.8 Å². The van der Waals surface area contributed by atoms with Crippen molar-refractivity contribution in [2.75, 3.05) is 19.6 Å². The molecule has 2 saturated heterocycles. The summed E-state index contributed by atoms with van der Waals surface area (Å²) in [6.07, 6.45) is 7.37. The second-order valence-electron chi connectivity index (χ2n) is 6.40. The van der Waals surface area contributed by atoms with Gasteiger partial charge >= 0.3 is 0 Å². The largest absolute Gasteiger partial charge is 0.298 e. The lowest BCUT2D eigenvalue weighted by molar-refractivity contribution is 0.00260. The maximum absolute atomic E-state index is 4.59. The Morgan fingerprint density at radius 2 is 2.20 bits per heavy atom. The van der Waals surface area contributed by atoms with Crippen LogP contribution in [-0.2, 0) is 6.54 Å². The fourth-order valence-corrected chi connectivity index (χ4v) is 3.77. The second-order valence-corrected chi connectivity index (χ2v) is 6.40. The smallest absolute Gasteiger partial charge is 0.0573 e. The second kappa shape index (κ2) is 6.23. The van der Waals surface area contributed by atoms with Gasteiger partial charge in [0.15, 0.2) is 0 Å². The first-order chi connectivity index (χ1) is 9.78. The van der Waals surface area contributed by atoms with E-state index in [1.54, 1.807) is 0 Å². The van der Waals surface area contributed by atoms with E-state index in [1.165, 1.54) is 56.6 Å². The summed E-state index contributed by atoms with van der Waals surface area (Å²) >= 11 is 0. The first kappa shape index (κ1) is 14.0. The third-order valence-electron chi connectivity index (χ3n) is 5.10. The number of pyridine rings is 1. The van der Waals surface area contributed by atoms with Crippen molar-refractivity contribution < 1.29 is 0 Å². The van der Waals surface area contributed by atoms with E-state index >= 15 is 0 Å². The van der Waals surface area contributed by atoms with E-state index in [2.05, 4.69) is 34.7 Å². The Bertz CT molecular complexity index is 446. The average Bonchev–Trinajstić information content (AvgIpc) is 2.49. The van der Waals surface area contributed by atoms with Crippen molar-refractivity contribution in [2.45, 2.75) is 58.2 Å². The van der Waals surface area contributed by atoms with Crippen LogP contribution in [0.15, 0.2) is 18.3 Å². The molecule has 2 atom stereocenters. The monoisotopic (exact) mass is 273 g/mol. The summed E-state index contributed by atoms with van der Waals surface area (Å²) in [6, 6.07) is 5.70. The molecule has 0 spiro atoms. The molecule has 0 N–H and O–H groups in total. The number of aromatic nitrogens is 1. The Morgan fingerprint density at radius 3 is 3.00 bits per heavy atom. The standard InChI is InChI=1S/C17H27N3/c1-3-15-11-19-10-5-4-8-16(19)12-20(15)13-17-14(2)7-6-9-18-17/h6-7,9,15-16H,3-5,8,10-13H2,1-2H3. The van der Waals surface area contributed by atoms with Crippen LogP contribution in [0.1, 0.15) is 43.9 Å². The molecule has 20 heavy (non-hydrogen) atoms. The predicted octanol–water partition coefficient (Wildman–Crippen LogP) is 2.84. The number of aryl methyl sites for hydroxylation is 1. The minimum Gasteiger partial charge on any atom is -0.298 e. The van der Waals surface area contributed by atoms with Gasteiger partial charge in [0.2, 0.25) is 0 Å². The van der Waals surface area contributed by atoms with Gasteiger partial charge in [0.25, 0.3) is 0 Å². The van der Waals surface area contributed by atoms with Crippen LogP contribution >= 0.6 is 0 Å². The van der Waals surface area contributed by atoms with E-state index in [1.807, 2.05) is 12.3 Å². The molecular formula is C17H27N3. The fourth-order valence-electron chi connectivity index (χ4n) is 3.77. The molecule has 0 aromatic carbocycles. The number of rotatable bonds is 3. The Morgan fingerprint density at radius 1 is 1.30 bits per heavy atom. The summed E-state index contributed by atoms with van der Waals surface area (Å²) in [5.74, 6) is 0. The van der Waals surface area contributed by atoms with E-state index in [0.29, 0.717) is 6.04 Å². The molecule has 3 nitrogen and oxygen atoms in total. The number of hydrogen-bond acceptors (Lipinski definition) is 3. The highest BCUT2D eigenvalue weighted by atomic mass is 15.3. The maximum Gasteiger partial charge on any atom is 0.0573 e. The third-order valence-corrected chi connectivity index (χ3v) is 5.10. The fraction of sp³-hybridized carbons (Fsp3) is 0.706. The first-order valence-corrected chi connectivity index (χ1v) is 8.16. The maximum atomic E-state index is 4.59. The molecule has 3 heterocycles. The van der Waals surface area contributed by atoms with Crippen molar-refractivity contribution in [1.82, 2.24) is 14.8 Å². The molecule has 2 fully saturated rings. The third kappa shape index (κ3) is 2.89. The highest BCUT2D eigenvalue weighted by Gasteiger charge is 2.34. The van der Waals surface area contributed by atoms with E-state index < -0.39 is 0 Å². The zero-order valence-corrected chi connectivity index (χ0v) is 12.9. The molecule has 2 unspecified atom stereocenters. The molecule has 3 heteroatoms. The molecular weight excluding hydrogens is 246 g/mol. The Hall–Kier alpha value is -0.930. The van der Waals surface area contributed by atoms with Gasteiger partial charge in [-0.15, -0.1) is 0 Å². The zero-order chi connectivity index (χ0) is 13.9. The average molecular weight is 273 g/mol. The molecule has 0 aliphatic carbocycles. The lowest BCUT2D eigenvalue weighted by Crippen LogP contribution is -2.59. The topological polar surface area (TPSA) is 19.4 Å². The van der Waals surface area contributed by atoms with Gasteiger partial charge in [0, 0.05) is 37.9 Å². The summed E-state index contributed by atoms with van der Waals surface area (Å²) in [5.41, 5.74) is 2.59. The lowest BCUT2D eigenvalue weighted by Gasteiger charge is -2.48. The lowest BCUT2D eigenvalue weighted by atomic mass is 9.95. The van der Waals surface area contributed by atoms with Crippen molar-refractivity contribution >= 4 is 0 Å². The van der Waals surface area contributed by atoms with Crippen LogP contribution in [0, 0.1) is 6.92 Å². The molecule has 2 aliphatic heterocycles. The van der Waals surface area contributed by atoms with E-state index in [-0.39, 0.29) is 0 Å². The van der Waals surface area contributed by atoms with Crippen LogP contribution in [-0.4, -0.2) is 46.5 Å². The number of piperidine rings is 1. The molecule has 110 valence electrons. The number of fused-ring (bicyclic) bond motifs is 1. The normalized spacial score (nSPS) is 28.3. The van der Waals surface area contributed by atoms with Gasteiger partial charge in [-0.25, -0.2) is 0 Å². The number of nitrogens with zero attached hydrogens (tertiary/aromatic N) is 3. The van der Waals surface area contributed by atoms with Crippen molar-refractivity contribution in [1.29, 1.82) is 0 Å². The van der Waals surface area contributed by atoms with Crippen LogP contribution in [0.25, 0.3) is 0 Å². The summed E-state index contributed by atoms with van der Waals surface area (Å²) in [4.78, 5) is 10.0. The van der Waals surface area contributed by atoms with Crippen LogP contribution in [0.3, 0.4) is 0 Å². The molecule has 1 aromatic rings. The van der Waals surface area contributed by atoms with E-state index in [4.69, 9.17) is 0 Å². The SMILES string of the molecule is CCC1CN2CCCCC2CN1Cc1ncccc1C. The molecule has 0 saturated carbocycles. The molecule has 0 amide bonds. The van der Waals surface area contributed by atoms with Crippen molar-refractivity contribution in [3.8, 4) is 0 Å². The van der Waals surface area contributed by atoms with Gasteiger partial charge in [-0.2, -0.15) is 0 Å². The molecule has 2 aliphatic rings. The van der Waals surface area contributed by atoms with Gasteiger partial charge < -0.3 is 0 Å². The molecule has 1 aromatic heterocycles. The van der Waals surface area contributed by atoms with E-state index in [0.717, 1.165) is 12.6 Å². The van der Waals surface area contributed by atoms with Crippen molar-refractivity contribution in [2.24, 2.45) is 0 Å². The number of piperazine rings is 1. The van der Waals surface area contributed by atoms with Gasteiger partial charge in [-0.1, -0.05) is 19.4 Å². The van der Waals surface area contributed by atoms with Gasteiger partial charge in [0.05, 0.1) is 5.69 Å². The molecule has 0 radical (unpaired) electrons. The Labute approximate surface area is 123 Å². The quantitative estimate of drug-likeness (QED) is 0.844. The minimum atomic E-state index is 0.700. The van der Waals surface area contributed by atoms with Crippen LogP contribution in [0.5, 0.6) is 0 Å². The van der Waals surface area contributed by atoms with E-state index in [9.17, 15) is 0 Å². The highest BCUT2D eigenvalue weighted by Crippen LogP contribution is 2.26. The number of hydrogen-bond donors (Lipinski definition) is 0. The molecule has 0 bridgehead atoms. The van der Waals surface area contributed by atoms with Crippen LogP contribution in [0.4, 0.5) is 0 Å². The Kier molecular flexibility index (Phi) is 4.37. The summed E-state index contributed by atoms with van der Waals surface area (Å²) in [5, 5.41) is 0. The Balaban J connectivity index is 1.72. The minimum absolute atomic E-state index is 0.700. The van der Waals surface area contributed by atoms with Crippen LogP contribution < -0.4 is 0 Å². The van der Waals surface area contributed by atoms with Crippen molar-refractivity contribution in [3.05, 3.63) is 29.6 Å². The van der Waals surface area contributed by atoms with Crippen molar-refractivity contribution in [3.63, 3.8) is 0 Å². The predicted molar refractivity (Wildman–Crippen MR) is 82.7 cm³/mol. The first-order valence-electron chi connectivity index (χ1n) is 8.16. The zero-order valence-electron chi connectivity index (χ0n) is 12.9. The van der Waals surface area contributed by atoms with Gasteiger partial charge in [-0.05, 0) is 44.4 Å².